The van der Waals surface area contributed by atoms with Gasteiger partial charge in [0.25, 0.3) is 0 Å². The van der Waals surface area contributed by atoms with Crippen molar-refractivity contribution in [3.63, 3.8) is 0 Å². The number of methoxy groups -OCH3 is 1. The molecule has 1 N–H and O–H groups in total. The third-order valence-electron chi connectivity index (χ3n) is 5.56. The van der Waals surface area contributed by atoms with Gasteiger partial charge in [-0.3, -0.25) is 9.59 Å². The van der Waals surface area contributed by atoms with E-state index in [2.05, 4.69) is 5.32 Å². The number of carbonyl (C=O) groups excluding carboxylic acids is 2. The predicted octanol–water partition coefficient (Wildman–Crippen LogP) is 1.46. The van der Waals surface area contributed by atoms with Gasteiger partial charge in [-0.1, -0.05) is 12.8 Å². The SMILES string of the molecule is COCCCN1C(=O)C(C)(C2CC2)NC(=O)C12CCCC2. The van der Waals surface area contributed by atoms with Crippen LogP contribution >= 0.6 is 0 Å². The normalized spacial score (nSPS) is 31.8. The van der Waals surface area contributed by atoms with Gasteiger partial charge in [0.15, 0.2) is 0 Å². The molecular formula is C16H26N2O3. The minimum absolute atomic E-state index is 0.0754. The van der Waals surface area contributed by atoms with Gasteiger partial charge in [0.1, 0.15) is 11.1 Å². The topological polar surface area (TPSA) is 58.6 Å². The van der Waals surface area contributed by atoms with Crippen molar-refractivity contribution in [2.75, 3.05) is 20.3 Å². The molecule has 1 unspecified atom stereocenters. The van der Waals surface area contributed by atoms with E-state index in [4.69, 9.17) is 4.74 Å². The van der Waals surface area contributed by atoms with Crippen LogP contribution in [-0.4, -0.2) is 48.1 Å². The van der Waals surface area contributed by atoms with Crippen molar-refractivity contribution in [3.05, 3.63) is 0 Å². The lowest BCUT2D eigenvalue weighted by Gasteiger charge is -2.50. The van der Waals surface area contributed by atoms with Crippen LogP contribution in [0.4, 0.5) is 0 Å². The molecule has 0 bridgehead atoms. The van der Waals surface area contributed by atoms with E-state index in [1.807, 2.05) is 11.8 Å². The zero-order chi connectivity index (χ0) is 15.1. The van der Waals surface area contributed by atoms with Gasteiger partial charge in [-0.25, -0.2) is 0 Å². The van der Waals surface area contributed by atoms with Crippen LogP contribution in [0, 0.1) is 5.92 Å². The Hall–Kier alpha value is -1.10. The summed E-state index contributed by atoms with van der Waals surface area (Å²) in [5.74, 6) is 0.520. The molecule has 2 aliphatic carbocycles. The summed E-state index contributed by atoms with van der Waals surface area (Å²) in [4.78, 5) is 27.8. The molecule has 3 aliphatic rings. The van der Waals surface area contributed by atoms with E-state index in [-0.39, 0.29) is 11.8 Å². The first-order valence-electron chi connectivity index (χ1n) is 8.18. The molecule has 3 fully saturated rings. The van der Waals surface area contributed by atoms with Crippen molar-refractivity contribution in [3.8, 4) is 0 Å². The maximum Gasteiger partial charge on any atom is 0.249 e. The van der Waals surface area contributed by atoms with E-state index in [9.17, 15) is 9.59 Å². The number of nitrogens with one attached hydrogen (secondary N) is 1. The monoisotopic (exact) mass is 294 g/mol. The zero-order valence-corrected chi connectivity index (χ0v) is 13.1. The molecule has 2 saturated carbocycles. The van der Waals surface area contributed by atoms with Gasteiger partial charge in [0.05, 0.1) is 0 Å². The van der Waals surface area contributed by atoms with Crippen molar-refractivity contribution in [2.24, 2.45) is 5.92 Å². The van der Waals surface area contributed by atoms with Gasteiger partial charge in [-0.2, -0.15) is 0 Å². The number of piperazine rings is 1. The first-order chi connectivity index (χ1) is 10.0. The fourth-order valence-electron chi connectivity index (χ4n) is 4.08. The molecule has 3 rings (SSSR count). The van der Waals surface area contributed by atoms with E-state index in [0.717, 1.165) is 44.9 Å². The molecular weight excluding hydrogens is 268 g/mol. The van der Waals surface area contributed by atoms with Gasteiger partial charge in [0, 0.05) is 20.3 Å². The minimum Gasteiger partial charge on any atom is -0.385 e. The smallest absolute Gasteiger partial charge is 0.249 e. The van der Waals surface area contributed by atoms with Crippen LogP contribution in [-0.2, 0) is 14.3 Å². The second-order valence-corrected chi connectivity index (χ2v) is 6.97. The lowest BCUT2D eigenvalue weighted by atomic mass is 9.82. The Morgan fingerprint density at radius 2 is 1.95 bits per heavy atom. The van der Waals surface area contributed by atoms with Crippen LogP contribution in [0.25, 0.3) is 0 Å². The third-order valence-corrected chi connectivity index (χ3v) is 5.56. The number of rotatable bonds is 5. The molecule has 21 heavy (non-hydrogen) atoms. The van der Waals surface area contributed by atoms with Gasteiger partial charge < -0.3 is 15.0 Å². The molecule has 0 aromatic heterocycles. The largest absolute Gasteiger partial charge is 0.385 e. The molecule has 5 nitrogen and oxygen atoms in total. The van der Waals surface area contributed by atoms with E-state index in [1.54, 1.807) is 7.11 Å². The van der Waals surface area contributed by atoms with Crippen molar-refractivity contribution in [1.82, 2.24) is 10.2 Å². The maximum atomic E-state index is 13.1. The molecule has 1 saturated heterocycles. The number of nitrogens with zero attached hydrogens (tertiary/aromatic N) is 1. The summed E-state index contributed by atoms with van der Waals surface area (Å²) >= 11 is 0. The molecule has 118 valence electrons. The van der Waals surface area contributed by atoms with Gasteiger partial charge >= 0.3 is 0 Å². The van der Waals surface area contributed by atoms with E-state index >= 15 is 0 Å². The summed E-state index contributed by atoms with van der Waals surface area (Å²) in [6, 6.07) is 0. The highest BCUT2D eigenvalue weighted by molar-refractivity contribution is 6.02. The molecule has 0 aromatic carbocycles. The summed E-state index contributed by atoms with van der Waals surface area (Å²) in [6.07, 6.45) is 6.54. The second-order valence-electron chi connectivity index (χ2n) is 6.97. The Morgan fingerprint density at radius 1 is 1.29 bits per heavy atom. The summed E-state index contributed by atoms with van der Waals surface area (Å²) in [7, 11) is 1.67. The molecule has 5 heteroatoms. The highest BCUT2D eigenvalue weighted by atomic mass is 16.5. The van der Waals surface area contributed by atoms with Crippen LogP contribution < -0.4 is 5.32 Å². The standard InChI is InChI=1S/C16H26N2O3/c1-15(12-6-7-12)14(20)18(10-5-11-21-2)16(13(19)17-15)8-3-4-9-16/h12H,3-11H2,1-2H3,(H,17,19). The zero-order valence-electron chi connectivity index (χ0n) is 13.1. The van der Waals surface area contributed by atoms with Crippen molar-refractivity contribution in [1.29, 1.82) is 0 Å². The van der Waals surface area contributed by atoms with Crippen LogP contribution in [0.1, 0.15) is 51.9 Å². The number of hydrogen-bond acceptors (Lipinski definition) is 3. The summed E-state index contributed by atoms with van der Waals surface area (Å²) in [6.45, 7) is 3.17. The highest BCUT2D eigenvalue weighted by Gasteiger charge is 2.61. The number of ether oxygens (including phenoxy) is 1. The molecule has 1 heterocycles. The summed E-state index contributed by atoms with van der Waals surface area (Å²) in [5.41, 5.74) is -1.27. The lowest BCUT2D eigenvalue weighted by Crippen LogP contribution is -2.75. The van der Waals surface area contributed by atoms with E-state index in [0.29, 0.717) is 19.1 Å². The number of carbonyl (C=O) groups is 2. The lowest BCUT2D eigenvalue weighted by molar-refractivity contribution is -0.163. The van der Waals surface area contributed by atoms with Gasteiger partial charge in [-0.05, 0) is 44.9 Å². The maximum absolute atomic E-state index is 13.1. The van der Waals surface area contributed by atoms with Crippen molar-refractivity contribution in [2.45, 2.75) is 62.9 Å². The molecule has 1 aliphatic heterocycles. The van der Waals surface area contributed by atoms with Gasteiger partial charge in [-0.15, -0.1) is 0 Å². The van der Waals surface area contributed by atoms with Crippen molar-refractivity contribution >= 4 is 11.8 Å². The summed E-state index contributed by atoms with van der Waals surface area (Å²) < 4.78 is 5.12. The average Bonchev–Trinajstić information content (AvgIpc) is 3.21. The van der Waals surface area contributed by atoms with Gasteiger partial charge in [0.2, 0.25) is 11.8 Å². The Labute approximate surface area is 126 Å². The Balaban J connectivity index is 1.87. The molecule has 0 radical (unpaired) electrons. The van der Waals surface area contributed by atoms with Crippen molar-refractivity contribution < 1.29 is 14.3 Å². The molecule has 2 amide bonds. The fraction of sp³-hybridized carbons (Fsp3) is 0.875. The van der Waals surface area contributed by atoms with Crippen LogP contribution in [0.15, 0.2) is 0 Å². The Morgan fingerprint density at radius 3 is 2.52 bits per heavy atom. The predicted molar refractivity (Wildman–Crippen MR) is 78.7 cm³/mol. The molecule has 1 atom stereocenters. The fourth-order valence-corrected chi connectivity index (χ4v) is 4.08. The summed E-state index contributed by atoms with van der Waals surface area (Å²) in [5, 5.41) is 3.10. The average molecular weight is 294 g/mol. The first-order valence-corrected chi connectivity index (χ1v) is 8.18. The second kappa shape index (κ2) is 5.27. The van der Waals surface area contributed by atoms with Crippen LogP contribution in [0.2, 0.25) is 0 Å². The number of amides is 2. The molecule has 0 aromatic rings. The third kappa shape index (κ3) is 2.26. The quantitative estimate of drug-likeness (QED) is 0.781. The van der Waals surface area contributed by atoms with Crippen LogP contribution in [0.3, 0.4) is 0 Å². The van der Waals surface area contributed by atoms with E-state index < -0.39 is 11.1 Å². The minimum atomic E-state index is -0.683. The number of hydrogen-bond donors (Lipinski definition) is 1. The van der Waals surface area contributed by atoms with E-state index in [1.165, 1.54) is 0 Å². The van der Waals surface area contributed by atoms with Crippen LogP contribution in [0.5, 0.6) is 0 Å². The Bertz CT molecular complexity index is 441. The molecule has 1 spiro atoms. The highest BCUT2D eigenvalue weighted by Crippen LogP contribution is 2.47. The first kappa shape index (κ1) is 14.8. The Kier molecular flexibility index (Phi) is 3.72.